The number of fused-ring (bicyclic) bond motifs is 1. The number of nitrogens with one attached hydrogen (secondary N) is 4. The number of nitrogens with two attached hydrogens (primary N) is 1. The largest absolute Gasteiger partial charge is 0.480 e. The fourth-order valence-electron chi connectivity index (χ4n) is 4.99. The second kappa shape index (κ2) is 13.5. The lowest BCUT2D eigenvalue weighted by atomic mass is 10.0. The molecule has 1 saturated heterocycles. The van der Waals surface area contributed by atoms with E-state index in [4.69, 9.17) is 5.73 Å². The zero-order valence-electron chi connectivity index (χ0n) is 22.3. The summed E-state index contributed by atoms with van der Waals surface area (Å²) in [6, 6.07) is 4.00. The van der Waals surface area contributed by atoms with Crippen LogP contribution in [0.15, 0.2) is 43.0 Å². The maximum absolute atomic E-state index is 13.6. The molecule has 3 heterocycles. The van der Waals surface area contributed by atoms with Crippen molar-refractivity contribution in [3.63, 3.8) is 0 Å². The number of likely N-dealkylation sites (tertiary alicyclic amines) is 1. The van der Waals surface area contributed by atoms with Crippen molar-refractivity contribution in [3.05, 3.63) is 54.2 Å². The Morgan fingerprint density at radius 2 is 1.98 bits per heavy atom. The highest BCUT2D eigenvalue weighted by atomic mass is 32.2. The molecule has 4 unspecified atom stereocenters. The monoisotopic (exact) mass is 569 g/mol. The number of aromatic nitrogens is 3. The lowest BCUT2D eigenvalue weighted by Crippen LogP contribution is -2.57. The van der Waals surface area contributed by atoms with Crippen molar-refractivity contribution in [3.8, 4) is 0 Å². The van der Waals surface area contributed by atoms with Crippen molar-refractivity contribution < 1.29 is 24.3 Å². The van der Waals surface area contributed by atoms with Gasteiger partial charge in [0.25, 0.3) is 0 Å². The fraction of sp³-hybridized carbons (Fsp3) is 0.444. The summed E-state index contributed by atoms with van der Waals surface area (Å²) in [4.78, 5) is 63.0. The third-order valence-corrected chi connectivity index (χ3v) is 7.75. The summed E-state index contributed by atoms with van der Waals surface area (Å²) in [5, 5.41) is 16.0. The summed E-state index contributed by atoms with van der Waals surface area (Å²) in [5.41, 5.74) is 8.68. The number of hydrogen-bond acceptors (Lipinski definition) is 7. The molecule has 3 amide bonds. The van der Waals surface area contributed by atoms with Crippen LogP contribution in [-0.2, 0) is 32.0 Å². The second-order valence-electron chi connectivity index (χ2n) is 9.88. The first-order valence-electron chi connectivity index (χ1n) is 13.2. The molecule has 13 heteroatoms. The maximum Gasteiger partial charge on any atom is 0.326 e. The summed E-state index contributed by atoms with van der Waals surface area (Å²) in [7, 11) is 0. The number of para-hydroxylation sites is 1. The topological polar surface area (TPSA) is 186 Å². The molecular weight excluding hydrogens is 534 g/mol. The molecule has 0 aliphatic carbocycles. The van der Waals surface area contributed by atoms with Gasteiger partial charge < -0.3 is 36.3 Å². The molecule has 12 nitrogen and oxygen atoms in total. The Hall–Kier alpha value is -3.84. The lowest BCUT2D eigenvalue weighted by molar-refractivity contribution is -0.145. The molecule has 4 atom stereocenters. The van der Waals surface area contributed by atoms with Crippen LogP contribution in [0, 0.1) is 0 Å². The number of hydrogen-bond donors (Lipinski definition) is 6. The molecule has 1 fully saturated rings. The quantitative estimate of drug-likeness (QED) is 0.174. The summed E-state index contributed by atoms with van der Waals surface area (Å²) in [5.74, 6) is -1.93. The summed E-state index contributed by atoms with van der Waals surface area (Å²) < 4.78 is 0. The number of aromatic amines is 2. The van der Waals surface area contributed by atoms with Crippen LogP contribution in [0.2, 0.25) is 0 Å². The Labute approximate surface area is 235 Å². The first-order chi connectivity index (χ1) is 19.3. The van der Waals surface area contributed by atoms with Gasteiger partial charge in [-0.05, 0) is 49.3 Å². The van der Waals surface area contributed by atoms with E-state index in [1.807, 2.05) is 36.7 Å². The summed E-state index contributed by atoms with van der Waals surface area (Å²) in [6.07, 6.45) is 8.35. The van der Waals surface area contributed by atoms with Gasteiger partial charge in [-0.2, -0.15) is 11.8 Å². The highest BCUT2D eigenvalue weighted by molar-refractivity contribution is 7.98. The SMILES string of the molecule is CSCCC(NC(=O)C(N)Cc1c[nH]c2ccccc12)C(=O)N1CCCC1C(=O)NC(Cc1cnc[nH]1)C(=O)O. The minimum absolute atomic E-state index is 0.0302. The highest BCUT2D eigenvalue weighted by Gasteiger charge is 2.39. The molecule has 0 bridgehead atoms. The number of amides is 3. The minimum Gasteiger partial charge on any atom is -0.480 e. The van der Waals surface area contributed by atoms with Gasteiger partial charge in [-0.25, -0.2) is 9.78 Å². The molecule has 1 aliphatic heterocycles. The number of carboxylic acids is 1. The zero-order chi connectivity index (χ0) is 28.6. The Morgan fingerprint density at radius 3 is 2.70 bits per heavy atom. The van der Waals surface area contributed by atoms with E-state index < -0.39 is 42.0 Å². The van der Waals surface area contributed by atoms with Gasteiger partial charge in [0.1, 0.15) is 18.1 Å². The molecule has 40 heavy (non-hydrogen) atoms. The Morgan fingerprint density at radius 1 is 1.18 bits per heavy atom. The average molecular weight is 570 g/mol. The minimum atomic E-state index is -1.19. The molecule has 4 rings (SSSR count). The number of carbonyl (C=O) groups is 4. The number of carbonyl (C=O) groups excluding carboxylic acids is 3. The van der Waals surface area contributed by atoms with E-state index in [1.54, 1.807) is 11.8 Å². The van der Waals surface area contributed by atoms with Crippen molar-refractivity contribution in [1.82, 2.24) is 30.5 Å². The fourth-order valence-corrected chi connectivity index (χ4v) is 5.46. The number of H-pyrrole nitrogens is 2. The van der Waals surface area contributed by atoms with Crippen LogP contribution < -0.4 is 16.4 Å². The number of imidazole rings is 1. The predicted molar refractivity (Wildman–Crippen MR) is 152 cm³/mol. The molecule has 1 aromatic carbocycles. The van der Waals surface area contributed by atoms with E-state index in [9.17, 15) is 24.3 Å². The van der Waals surface area contributed by atoms with Crippen molar-refractivity contribution in [1.29, 1.82) is 0 Å². The molecular formula is C27H35N7O5S. The van der Waals surface area contributed by atoms with Gasteiger partial charge in [0.05, 0.1) is 12.4 Å². The number of benzene rings is 1. The Balaban J connectivity index is 1.41. The van der Waals surface area contributed by atoms with E-state index in [-0.39, 0.29) is 12.3 Å². The van der Waals surface area contributed by atoms with Crippen molar-refractivity contribution >= 4 is 46.4 Å². The molecule has 1 aliphatic rings. The number of rotatable bonds is 13. The molecule has 2 aromatic heterocycles. The number of carboxylic acid groups (broad SMARTS) is 1. The third kappa shape index (κ3) is 7.02. The van der Waals surface area contributed by atoms with E-state index in [2.05, 4.69) is 25.6 Å². The maximum atomic E-state index is 13.6. The predicted octanol–water partition coefficient (Wildman–Crippen LogP) is 0.802. The van der Waals surface area contributed by atoms with Crippen LogP contribution in [0.1, 0.15) is 30.5 Å². The number of nitrogens with zero attached hydrogens (tertiary/aromatic N) is 2. The van der Waals surface area contributed by atoms with Crippen LogP contribution in [0.25, 0.3) is 10.9 Å². The Bertz CT molecular complexity index is 1330. The van der Waals surface area contributed by atoms with Crippen LogP contribution >= 0.6 is 11.8 Å². The average Bonchev–Trinajstić information content (AvgIpc) is 3.72. The van der Waals surface area contributed by atoms with Crippen molar-refractivity contribution in [2.45, 2.75) is 56.3 Å². The van der Waals surface area contributed by atoms with Gasteiger partial charge in [0.2, 0.25) is 17.7 Å². The van der Waals surface area contributed by atoms with Crippen LogP contribution in [-0.4, -0.2) is 91.4 Å². The van der Waals surface area contributed by atoms with Crippen LogP contribution in [0.4, 0.5) is 0 Å². The lowest BCUT2D eigenvalue weighted by Gasteiger charge is -2.30. The molecule has 0 radical (unpaired) electrons. The smallest absolute Gasteiger partial charge is 0.326 e. The van der Waals surface area contributed by atoms with E-state index in [0.717, 1.165) is 16.5 Å². The Kier molecular flexibility index (Phi) is 9.83. The third-order valence-electron chi connectivity index (χ3n) is 7.11. The van der Waals surface area contributed by atoms with E-state index in [0.29, 0.717) is 43.7 Å². The normalized spacial score (nSPS) is 17.4. The summed E-state index contributed by atoms with van der Waals surface area (Å²) >= 11 is 1.54. The van der Waals surface area contributed by atoms with Gasteiger partial charge in [0, 0.05) is 42.0 Å². The van der Waals surface area contributed by atoms with Crippen LogP contribution in [0.3, 0.4) is 0 Å². The first-order valence-corrected chi connectivity index (χ1v) is 14.6. The number of thioether (sulfide) groups is 1. The zero-order valence-corrected chi connectivity index (χ0v) is 23.1. The first kappa shape index (κ1) is 29.2. The van der Waals surface area contributed by atoms with Gasteiger partial charge in [-0.1, -0.05) is 18.2 Å². The summed E-state index contributed by atoms with van der Waals surface area (Å²) in [6.45, 7) is 0.336. The standard InChI is InChI=1S/C27H35N7O5S/c1-40-10-8-21(32-24(35)19(28)11-16-13-30-20-6-3-2-5-18(16)20)26(37)34-9-4-7-23(34)25(36)33-22(27(38)39)12-17-14-29-15-31-17/h2-3,5-6,13-15,19,21-23,30H,4,7-12,28H2,1H3,(H,29,31)(H,32,35)(H,33,36)(H,38,39). The molecule has 0 saturated carbocycles. The van der Waals surface area contributed by atoms with Gasteiger partial charge in [-0.3, -0.25) is 14.4 Å². The highest BCUT2D eigenvalue weighted by Crippen LogP contribution is 2.21. The van der Waals surface area contributed by atoms with Gasteiger partial charge in [0.15, 0.2) is 0 Å². The van der Waals surface area contributed by atoms with E-state index in [1.165, 1.54) is 17.4 Å². The molecule has 214 valence electrons. The van der Waals surface area contributed by atoms with Gasteiger partial charge in [-0.15, -0.1) is 0 Å². The molecule has 0 spiro atoms. The van der Waals surface area contributed by atoms with Crippen LogP contribution in [0.5, 0.6) is 0 Å². The molecule has 3 aromatic rings. The van der Waals surface area contributed by atoms with E-state index >= 15 is 0 Å². The second-order valence-corrected chi connectivity index (χ2v) is 10.9. The van der Waals surface area contributed by atoms with Crippen molar-refractivity contribution in [2.75, 3.05) is 18.6 Å². The molecule has 7 N–H and O–H groups in total. The van der Waals surface area contributed by atoms with Crippen molar-refractivity contribution in [2.24, 2.45) is 5.73 Å². The number of aliphatic carboxylic acids is 1. The van der Waals surface area contributed by atoms with Gasteiger partial charge >= 0.3 is 5.97 Å².